The van der Waals surface area contributed by atoms with Gasteiger partial charge in [-0.15, -0.1) is 10.2 Å². The van der Waals surface area contributed by atoms with Crippen LogP contribution in [0.15, 0.2) is 18.2 Å². The summed E-state index contributed by atoms with van der Waals surface area (Å²) < 4.78 is 0. The van der Waals surface area contributed by atoms with Gasteiger partial charge in [-0.05, 0) is 42.9 Å². The Hall–Kier alpha value is -1.26. The highest BCUT2D eigenvalue weighted by Crippen LogP contribution is 2.31. The molecule has 2 N–H and O–H groups in total. The molecule has 18 heavy (non-hydrogen) atoms. The Kier molecular flexibility index (Phi) is 3.14. The Morgan fingerprint density at radius 1 is 1.28 bits per heavy atom. The molecule has 94 valence electrons. The number of nitrogens with two attached hydrogens (primary N) is 1. The lowest BCUT2D eigenvalue weighted by atomic mass is 10.1. The second kappa shape index (κ2) is 4.78. The molecule has 0 radical (unpaired) electrons. The van der Waals surface area contributed by atoms with Crippen LogP contribution in [0.1, 0.15) is 41.9 Å². The predicted octanol–water partition coefficient (Wildman–Crippen LogP) is 3.10. The summed E-state index contributed by atoms with van der Waals surface area (Å²) in [6, 6.07) is 6.68. The second-order valence-corrected chi connectivity index (χ2v) is 5.81. The van der Waals surface area contributed by atoms with Crippen LogP contribution in [0.4, 0.5) is 0 Å². The van der Waals surface area contributed by atoms with Gasteiger partial charge >= 0.3 is 0 Å². The van der Waals surface area contributed by atoms with Crippen molar-refractivity contribution in [3.8, 4) is 10.6 Å². The average Bonchev–Trinajstić information content (AvgIpc) is 3.05. The average molecular weight is 259 g/mol. The van der Waals surface area contributed by atoms with E-state index in [2.05, 4.69) is 35.3 Å². The molecule has 1 unspecified atom stereocenters. The molecule has 0 aliphatic heterocycles. The lowest BCUT2D eigenvalue weighted by Gasteiger charge is -2.02. The zero-order valence-corrected chi connectivity index (χ0v) is 11.3. The molecule has 0 amide bonds. The molecule has 1 aliphatic rings. The van der Waals surface area contributed by atoms with E-state index in [0.29, 0.717) is 0 Å². The van der Waals surface area contributed by atoms with Crippen molar-refractivity contribution < 1.29 is 0 Å². The van der Waals surface area contributed by atoms with Crippen LogP contribution in [0.3, 0.4) is 0 Å². The summed E-state index contributed by atoms with van der Waals surface area (Å²) in [5.74, 6) is 0. The summed E-state index contributed by atoms with van der Waals surface area (Å²) in [7, 11) is 0. The minimum atomic E-state index is 0.0191. The van der Waals surface area contributed by atoms with Gasteiger partial charge in [-0.25, -0.2) is 0 Å². The van der Waals surface area contributed by atoms with Crippen LogP contribution in [0.5, 0.6) is 0 Å². The smallest absolute Gasteiger partial charge is 0.147 e. The van der Waals surface area contributed by atoms with Gasteiger partial charge < -0.3 is 5.73 Å². The first-order chi connectivity index (χ1) is 8.78. The van der Waals surface area contributed by atoms with Crippen molar-refractivity contribution in [3.63, 3.8) is 0 Å². The van der Waals surface area contributed by atoms with Crippen LogP contribution in [-0.2, 0) is 12.8 Å². The number of hydrogen-bond donors (Lipinski definition) is 1. The number of rotatable bonds is 3. The molecule has 0 bridgehead atoms. The zero-order valence-electron chi connectivity index (χ0n) is 10.5. The molecule has 3 rings (SSSR count). The van der Waals surface area contributed by atoms with Crippen molar-refractivity contribution in [1.29, 1.82) is 0 Å². The summed E-state index contributed by atoms with van der Waals surface area (Å²) >= 11 is 1.62. The highest BCUT2D eigenvalue weighted by Gasteiger charge is 2.15. The highest BCUT2D eigenvalue weighted by molar-refractivity contribution is 7.14. The van der Waals surface area contributed by atoms with E-state index in [4.69, 9.17) is 5.73 Å². The first kappa shape index (κ1) is 11.8. The van der Waals surface area contributed by atoms with E-state index in [1.165, 1.54) is 36.0 Å². The number of aromatic nitrogens is 2. The van der Waals surface area contributed by atoms with Gasteiger partial charge in [0.2, 0.25) is 0 Å². The maximum Gasteiger partial charge on any atom is 0.147 e. The summed E-state index contributed by atoms with van der Waals surface area (Å²) in [4.78, 5) is 0. The van der Waals surface area contributed by atoms with Gasteiger partial charge in [0, 0.05) is 5.56 Å². The van der Waals surface area contributed by atoms with Crippen molar-refractivity contribution in [1.82, 2.24) is 10.2 Å². The maximum atomic E-state index is 5.98. The van der Waals surface area contributed by atoms with Crippen LogP contribution in [0.2, 0.25) is 0 Å². The number of hydrogen-bond acceptors (Lipinski definition) is 4. The molecule has 1 aromatic heterocycles. The van der Waals surface area contributed by atoms with Gasteiger partial charge in [0.25, 0.3) is 0 Å². The molecule has 1 aliphatic carbocycles. The molecule has 1 heterocycles. The van der Waals surface area contributed by atoms with Crippen molar-refractivity contribution in [3.05, 3.63) is 34.3 Å². The molecule has 3 nitrogen and oxygen atoms in total. The van der Waals surface area contributed by atoms with Crippen LogP contribution < -0.4 is 5.73 Å². The summed E-state index contributed by atoms with van der Waals surface area (Å²) in [5.41, 5.74) is 10.1. The van der Waals surface area contributed by atoms with Gasteiger partial charge in [-0.2, -0.15) is 0 Å². The fraction of sp³-hybridized carbons (Fsp3) is 0.429. The Balaban J connectivity index is 1.92. The molecule has 1 aromatic carbocycles. The third-order valence-electron chi connectivity index (χ3n) is 3.54. The van der Waals surface area contributed by atoms with Gasteiger partial charge in [0.1, 0.15) is 10.0 Å². The van der Waals surface area contributed by atoms with E-state index < -0.39 is 0 Å². The number of benzene rings is 1. The molecule has 0 spiro atoms. The third kappa shape index (κ3) is 2.06. The summed E-state index contributed by atoms with van der Waals surface area (Å²) in [6.07, 6.45) is 4.60. The molecular formula is C14H17N3S. The second-order valence-electron chi connectivity index (χ2n) is 4.80. The van der Waals surface area contributed by atoms with Gasteiger partial charge in [0.05, 0.1) is 6.04 Å². The van der Waals surface area contributed by atoms with Crippen LogP contribution in [-0.4, -0.2) is 10.2 Å². The molecule has 2 aromatic rings. The molecule has 1 atom stereocenters. The topological polar surface area (TPSA) is 51.8 Å². The van der Waals surface area contributed by atoms with E-state index in [1.807, 2.05) is 0 Å². The van der Waals surface area contributed by atoms with Crippen LogP contribution >= 0.6 is 11.3 Å². The number of fused-ring (bicyclic) bond motifs is 1. The van der Waals surface area contributed by atoms with Crippen molar-refractivity contribution >= 4 is 11.3 Å². The molecule has 0 fully saturated rings. The Morgan fingerprint density at radius 3 is 2.94 bits per heavy atom. The van der Waals surface area contributed by atoms with E-state index in [9.17, 15) is 0 Å². The van der Waals surface area contributed by atoms with Gasteiger partial charge in [-0.3, -0.25) is 0 Å². The number of nitrogens with zero attached hydrogens (tertiary/aromatic N) is 2. The van der Waals surface area contributed by atoms with Crippen molar-refractivity contribution in [2.45, 2.75) is 38.6 Å². The Labute approximate surface area is 111 Å². The van der Waals surface area contributed by atoms with Crippen molar-refractivity contribution in [2.75, 3.05) is 0 Å². The molecule has 0 saturated heterocycles. The van der Waals surface area contributed by atoms with E-state index >= 15 is 0 Å². The third-order valence-corrected chi connectivity index (χ3v) is 4.65. The minimum Gasteiger partial charge on any atom is -0.322 e. The van der Waals surface area contributed by atoms with E-state index in [0.717, 1.165) is 16.4 Å². The summed E-state index contributed by atoms with van der Waals surface area (Å²) in [6.45, 7) is 2.07. The standard InChI is InChI=1S/C14H17N3S/c1-2-12(15)14-17-16-13(18-14)11-7-6-9-4-3-5-10(9)8-11/h6-8,12H,2-5,15H2,1H3. The zero-order chi connectivity index (χ0) is 12.5. The fourth-order valence-corrected chi connectivity index (χ4v) is 3.30. The largest absolute Gasteiger partial charge is 0.322 e. The normalized spacial score (nSPS) is 15.7. The molecular weight excluding hydrogens is 242 g/mol. The first-order valence-corrected chi connectivity index (χ1v) is 7.30. The fourth-order valence-electron chi connectivity index (χ4n) is 2.38. The monoisotopic (exact) mass is 259 g/mol. The first-order valence-electron chi connectivity index (χ1n) is 6.49. The van der Waals surface area contributed by atoms with Crippen LogP contribution in [0, 0.1) is 0 Å². The van der Waals surface area contributed by atoms with Crippen molar-refractivity contribution in [2.24, 2.45) is 5.73 Å². The maximum absolute atomic E-state index is 5.98. The minimum absolute atomic E-state index is 0.0191. The predicted molar refractivity (Wildman–Crippen MR) is 74.6 cm³/mol. The summed E-state index contributed by atoms with van der Waals surface area (Å²) in [5, 5.41) is 10.4. The van der Waals surface area contributed by atoms with Crippen LogP contribution in [0.25, 0.3) is 10.6 Å². The van der Waals surface area contributed by atoms with E-state index in [-0.39, 0.29) is 6.04 Å². The highest BCUT2D eigenvalue weighted by atomic mass is 32.1. The quantitative estimate of drug-likeness (QED) is 0.921. The molecule has 4 heteroatoms. The molecule has 0 saturated carbocycles. The lowest BCUT2D eigenvalue weighted by molar-refractivity contribution is 0.683. The van der Waals surface area contributed by atoms with Gasteiger partial charge in [-0.1, -0.05) is 30.4 Å². The lowest BCUT2D eigenvalue weighted by Crippen LogP contribution is -2.07. The SMILES string of the molecule is CCC(N)c1nnc(-c2ccc3c(c2)CCC3)s1. The number of aryl methyl sites for hydroxylation is 2. The van der Waals surface area contributed by atoms with E-state index in [1.54, 1.807) is 11.3 Å². The Bertz CT molecular complexity index is 562. The Morgan fingerprint density at radius 2 is 2.11 bits per heavy atom. The van der Waals surface area contributed by atoms with Gasteiger partial charge in [0.15, 0.2) is 0 Å².